The van der Waals surface area contributed by atoms with Crippen molar-refractivity contribution in [1.82, 2.24) is 10.6 Å². The van der Waals surface area contributed by atoms with Gasteiger partial charge in [0.25, 0.3) is 5.79 Å². The molecule has 0 spiro atoms. The molecule has 83 heavy (non-hydrogen) atoms. The first kappa shape index (κ1) is 75.0. The molecule has 0 saturated carbocycles. The van der Waals surface area contributed by atoms with Gasteiger partial charge in [-0.2, -0.15) is 0 Å². The number of aliphatic hydroxyl groups is 11. The molecule has 3 aliphatic heterocycles. The minimum atomic E-state index is -3.07. The number of rotatable bonds is 47. The third-order valence-electron chi connectivity index (χ3n) is 16.6. The van der Waals surface area contributed by atoms with Crippen LogP contribution in [0.3, 0.4) is 0 Å². The van der Waals surface area contributed by atoms with Crippen molar-refractivity contribution in [1.29, 1.82) is 0 Å². The van der Waals surface area contributed by atoms with Crippen LogP contribution in [0.1, 0.15) is 226 Å². The Morgan fingerprint density at radius 3 is 1.51 bits per heavy atom. The van der Waals surface area contributed by atoms with Gasteiger partial charge in [0.15, 0.2) is 12.6 Å². The highest BCUT2D eigenvalue weighted by Gasteiger charge is 2.60. The Bertz CT molecular complexity index is 1710. The van der Waals surface area contributed by atoms with Crippen LogP contribution in [0.2, 0.25) is 0 Å². The van der Waals surface area contributed by atoms with Gasteiger partial charge in [-0.05, 0) is 12.8 Å². The SMILES string of the molecule is CCCCCCCCCCCCCCCCCCC(O)C(COC1OC(CO)C(OC2OC(CO)C(O)C(OC3(C(=O)O)CC(O)C(NC(C)=O)C(C(O)C(O)CO)O3)C2O)C(O)C1O)NC(=O)CCCCCCCCCCCCCCC. The molecule has 0 aromatic carbocycles. The molecule has 23 heteroatoms. The highest BCUT2D eigenvalue weighted by Crippen LogP contribution is 2.38. The predicted octanol–water partition coefficient (Wildman–Crippen LogP) is 3.78. The van der Waals surface area contributed by atoms with E-state index in [4.69, 9.17) is 28.4 Å². The van der Waals surface area contributed by atoms with E-state index in [2.05, 4.69) is 24.5 Å². The second-order valence-corrected chi connectivity index (χ2v) is 23.6. The van der Waals surface area contributed by atoms with Crippen molar-refractivity contribution in [3.05, 3.63) is 0 Å². The summed E-state index contributed by atoms with van der Waals surface area (Å²) in [6.07, 6.45) is 5.47. The fourth-order valence-electron chi connectivity index (χ4n) is 11.4. The number of hydrogen-bond acceptors (Lipinski definition) is 20. The maximum absolute atomic E-state index is 13.4. The Morgan fingerprint density at radius 2 is 1.05 bits per heavy atom. The van der Waals surface area contributed by atoms with E-state index in [9.17, 15) is 75.7 Å². The van der Waals surface area contributed by atoms with Gasteiger partial charge >= 0.3 is 5.97 Å². The van der Waals surface area contributed by atoms with Crippen LogP contribution in [-0.4, -0.2) is 215 Å². The van der Waals surface area contributed by atoms with Crippen molar-refractivity contribution in [3.8, 4) is 0 Å². The third-order valence-corrected chi connectivity index (χ3v) is 16.6. The average Bonchev–Trinajstić information content (AvgIpc) is 2.84. The van der Waals surface area contributed by atoms with Crippen LogP contribution >= 0.6 is 0 Å². The smallest absolute Gasteiger partial charge is 0.364 e. The number of carbonyl (C=O) groups is 3. The standard InChI is InChI=1S/C60H112N2O21/c1-4-6-8-10-12-14-16-18-19-20-22-23-25-27-29-31-33-42(67)41(62-47(70)34-32-30-28-26-24-21-17-15-13-11-9-7-5-2)39-78-57-52(74)51(73)54(46(38-65)80-57)81-58-53(75)56(50(72)45(37-64)79-58)83-60(59(76)77)35-43(68)48(61-40(3)66)55(82-60)49(71)44(69)36-63/h41-46,48-58,63-65,67-69,71-75H,4-39H2,1-3H3,(H,61,66)(H,62,70)(H,76,77). The van der Waals surface area contributed by atoms with Crippen molar-refractivity contribution in [3.63, 3.8) is 0 Å². The molecule has 18 unspecified atom stereocenters. The molecule has 14 N–H and O–H groups in total. The first-order valence-corrected chi connectivity index (χ1v) is 31.9. The van der Waals surface area contributed by atoms with E-state index in [0.717, 1.165) is 58.3 Å². The lowest BCUT2D eigenvalue weighted by Crippen LogP contribution is -2.70. The van der Waals surface area contributed by atoms with E-state index in [1.165, 1.54) is 122 Å². The van der Waals surface area contributed by atoms with Crippen LogP contribution in [0.25, 0.3) is 0 Å². The lowest BCUT2D eigenvalue weighted by molar-refractivity contribution is -0.386. The molecule has 3 fully saturated rings. The van der Waals surface area contributed by atoms with E-state index in [0.29, 0.717) is 19.3 Å². The minimum absolute atomic E-state index is 0.228. The number of carbonyl (C=O) groups excluding carboxylic acids is 2. The fourth-order valence-corrected chi connectivity index (χ4v) is 11.4. The Hall–Kier alpha value is -2.27. The summed E-state index contributed by atoms with van der Waals surface area (Å²) in [5, 5.41) is 136. The molecule has 0 radical (unpaired) electrons. The molecular weight excluding hydrogens is 1080 g/mol. The summed E-state index contributed by atoms with van der Waals surface area (Å²) in [4.78, 5) is 38.4. The monoisotopic (exact) mass is 1200 g/mol. The zero-order chi connectivity index (χ0) is 61.2. The van der Waals surface area contributed by atoms with Crippen LogP contribution in [-0.2, 0) is 42.8 Å². The molecule has 0 aromatic rings. The summed E-state index contributed by atoms with van der Waals surface area (Å²) < 4.78 is 34.8. The predicted molar refractivity (Wildman–Crippen MR) is 306 cm³/mol. The highest BCUT2D eigenvalue weighted by atomic mass is 16.8. The van der Waals surface area contributed by atoms with Crippen molar-refractivity contribution in [2.45, 2.75) is 336 Å². The van der Waals surface area contributed by atoms with Crippen LogP contribution in [0.15, 0.2) is 0 Å². The van der Waals surface area contributed by atoms with Gasteiger partial charge in [0.2, 0.25) is 11.8 Å². The van der Waals surface area contributed by atoms with Crippen LogP contribution in [0.5, 0.6) is 0 Å². The molecule has 18 atom stereocenters. The van der Waals surface area contributed by atoms with Gasteiger partial charge in [0, 0.05) is 19.8 Å². The fraction of sp³-hybridized carbons (Fsp3) is 0.950. The molecule has 0 bridgehead atoms. The number of carboxylic acid groups (broad SMARTS) is 1. The lowest BCUT2D eigenvalue weighted by atomic mass is 9.88. The van der Waals surface area contributed by atoms with Crippen LogP contribution in [0, 0.1) is 0 Å². The van der Waals surface area contributed by atoms with Crippen molar-refractivity contribution in [2.24, 2.45) is 0 Å². The molecule has 23 nitrogen and oxygen atoms in total. The summed E-state index contributed by atoms with van der Waals surface area (Å²) in [6, 6.07) is -2.52. The number of aliphatic hydroxyl groups excluding tert-OH is 11. The van der Waals surface area contributed by atoms with Crippen molar-refractivity contribution >= 4 is 17.8 Å². The van der Waals surface area contributed by atoms with E-state index in [1.54, 1.807) is 0 Å². The molecule has 3 aliphatic rings. The summed E-state index contributed by atoms with van der Waals surface area (Å²) in [5.74, 6) is -6.10. The largest absolute Gasteiger partial charge is 0.477 e. The second kappa shape index (κ2) is 42.6. The number of hydrogen-bond donors (Lipinski definition) is 14. The summed E-state index contributed by atoms with van der Waals surface area (Å²) >= 11 is 0. The summed E-state index contributed by atoms with van der Waals surface area (Å²) in [7, 11) is 0. The molecule has 0 aliphatic carbocycles. The molecule has 3 saturated heterocycles. The van der Waals surface area contributed by atoms with Gasteiger partial charge in [-0.3, -0.25) is 9.59 Å². The molecule has 3 heterocycles. The van der Waals surface area contributed by atoms with E-state index in [1.807, 2.05) is 0 Å². The molecule has 488 valence electrons. The topological polar surface area (TPSA) is 373 Å². The lowest BCUT2D eigenvalue weighted by Gasteiger charge is -2.50. The van der Waals surface area contributed by atoms with Crippen LogP contribution < -0.4 is 10.6 Å². The minimum Gasteiger partial charge on any atom is -0.477 e. The third kappa shape index (κ3) is 26.5. The number of ether oxygens (including phenoxy) is 6. The van der Waals surface area contributed by atoms with Gasteiger partial charge in [-0.25, -0.2) is 4.79 Å². The van der Waals surface area contributed by atoms with Gasteiger partial charge in [-0.15, -0.1) is 0 Å². The van der Waals surface area contributed by atoms with E-state index >= 15 is 0 Å². The highest BCUT2D eigenvalue weighted by molar-refractivity contribution is 5.77. The van der Waals surface area contributed by atoms with Gasteiger partial charge in [0.05, 0.1) is 50.7 Å². The molecular formula is C60H112N2O21. The Morgan fingerprint density at radius 1 is 0.578 bits per heavy atom. The quantitative estimate of drug-likeness (QED) is 0.0386. The van der Waals surface area contributed by atoms with Crippen LogP contribution in [0.4, 0.5) is 0 Å². The van der Waals surface area contributed by atoms with Gasteiger partial charge < -0.3 is 100 Å². The zero-order valence-corrected chi connectivity index (χ0v) is 50.3. The summed E-state index contributed by atoms with van der Waals surface area (Å²) in [6.45, 7) is 2.19. The molecule has 3 rings (SSSR count). The average molecular weight is 1200 g/mol. The number of carboxylic acids is 1. The van der Waals surface area contributed by atoms with Crippen molar-refractivity contribution < 1.29 is 104 Å². The first-order valence-electron chi connectivity index (χ1n) is 31.9. The maximum Gasteiger partial charge on any atom is 0.364 e. The summed E-state index contributed by atoms with van der Waals surface area (Å²) in [5.41, 5.74) is 0. The normalized spacial score (nSPS) is 29.9. The first-order chi connectivity index (χ1) is 39.9. The Kier molecular flexibility index (Phi) is 38.5. The number of aliphatic carboxylic acids is 1. The molecule has 0 aromatic heterocycles. The Labute approximate surface area is 493 Å². The maximum atomic E-state index is 13.4. The van der Waals surface area contributed by atoms with E-state index in [-0.39, 0.29) is 18.9 Å². The van der Waals surface area contributed by atoms with Gasteiger partial charge in [0.1, 0.15) is 67.1 Å². The van der Waals surface area contributed by atoms with E-state index < -0.39 is 148 Å². The van der Waals surface area contributed by atoms with Crippen molar-refractivity contribution in [2.75, 3.05) is 26.4 Å². The molecule has 2 amide bonds. The zero-order valence-electron chi connectivity index (χ0n) is 50.3. The number of nitrogens with one attached hydrogen (secondary N) is 2. The Balaban J connectivity index is 1.64. The number of unbranched alkanes of at least 4 members (excludes halogenated alkanes) is 27. The number of amides is 2. The van der Waals surface area contributed by atoms with Gasteiger partial charge in [-0.1, -0.05) is 194 Å². The second-order valence-electron chi connectivity index (χ2n) is 23.6.